The van der Waals surface area contributed by atoms with Gasteiger partial charge in [0.1, 0.15) is 0 Å². The number of rotatable bonds is 5. The zero-order valence-corrected chi connectivity index (χ0v) is 11.7. The van der Waals surface area contributed by atoms with E-state index < -0.39 is 12.7 Å². The maximum atomic E-state index is 12.4. The van der Waals surface area contributed by atoms with Crippen LogP contribution < -0.4 is 5.73 Å². The predicted octanol–water partition coefficient (Wildman–Crippen LogP) is 3.81. The molecule has 2 nitrogen and oxygen atoms in total. The summed E-state index contributed by atoms with van der Waals surface area (Å²) in [7, 11) is 0. The minimum Gasteiger partial charge on any atom is -0.399 e. The Morgan fingerprint density at radius 3 is 2.50 bits per heavy atom. The maximum absolute atomic E-state index is 12.4. The first-order valence-electron chi connectivity index (χ1n) is 5.65. The monoisotopic (exact) mass is 324 g/mol. The highest BCUT2D eigenvalue weighted by atomic mass is 79.9. The summed E-state index contributed by atoms with van der Waals surface area (Å²) in [6.45, 7) is 1.64. The van der Waals surface area contributed by atoms with E-state index in [9.17, 15) is 13.2 Å². The molecule has 1 aromatic rings. The summed E-state index contributed by atoms with van der Waals surface area (Å²) >= 11 is 3.32. The molecule has 6 heteroatoms. The molecule has 0 atom stereocenters. The molecule has 0 saturated carbocycles. The Kier molecular flexibility index (Phi) is 5.47. The molecule has 0 aliphatic carbocycles. The molecule has 1 aromatic carbocycles. The number of nitrogens with two attached hydrogens (primary N) is 1. The molecule has 0 radical (unpaired) electrons. The molecule has 0 bridgehead atoms. The van der Waals surface area contributed by atoms with Crippen molar-refractivity contribution in [1.82, 2.24) is 4.90 Å². The van der Waals surface area contributed by atoms with E-state index in [1.165, 1.54) is 4.90 Å². The van der Waals surface area contributed by atoms with Crippen LogP contribution in [0, 0.1) is 0 Å². The number of benzene rings is 1. The molecule has 1 rings (SSSR count). The molecule has 18 heavy (non-hydrogen) atoms. The largest absolute Gasteiger partial charge is 0.401 e. The maximum Gasteiger partial charge on any atom is 0.401 e. The molecule has 0 saturated heterocycles. The smallest absolute Gasteiger partial charge is 0.399 e. The third kappa shape index (κ3) is 5.27. The lowest BCUT2D eigenvalue weighted by atomic mass is 10.2. The standard InChI is InChI=1S/C12H16BrF3N2/c1-2-5-18(8-12(14,15)16)7-9-3-4-10(17)6-11(9)13/h3-4,6H,2,5,7-8,17H2,1H3. The van der Waals surface area contributed by atoms with Crippen molar-refractivity contribution in [2.24, 2.45) is 0 Å². The van der Waals surface area contributed by atoms with Gasteiger partial charge < -0.3 is 5.73 Å². The van der Waals surface area contributed by atoms with E-state index in [0.29, 0.717) is 18.7 Å². The number of hydrogen-bond donors (Lipinski definition) is 1. The fourth-order valence-electron chi connectivity index (χ4n) is 1.72. The van der Waals surface area contributed by atoms with E-state index in [1.54, 1.807) is 18.2 Å². The van der Waals surface area contributed by atoms with Crippen LogP contribution in [0.4, 0.5) is 18.9 Å². The quantitative estimate of drug-likeness (QED) is 0.834. The number of nitrogens with zero attached hydrogens (tertiary/aromatic N) is 1. The van der Waals surface area contributed by atoms with Gasteiger partial charge in [-0.3, -0.25) is 4.90 Å². The van der Waals surface area contributed by atoms with Crippen molar-refractivity contribution in [2.45, 2.75) is 26.1 Å². The summed E-state index contributed by atoms with van der Waals surface area (Å²) in [6, 6.07) is 5.14. The normalized spacial score (nSPS) is 12.1. The Morgan fingerprint density at radius 2 is 2.00 bits per heavy atom. The van der Waals surface area contributed by atoms with Gasteiger partial charge in [-0.1, -0.05) is 28.9 Å². The third-order valence-electron chi connectivity index (χ3n) is 2.41. The first kappa shape index (κ1) is 15.3. The Balaban J connectivity index is 2.76. The van der Waals surface area contributed by atoms with E-state index in [4.69, 9.17) is 5.73 Å². The molecule has 0 aliphatic heterocycles. The van der Waals surface area contributed by atoms with Crippen molar-refractivity contribution in [3.8, 4) is 0 Å². The molecule has 0 fully saturated rings. The highest BCUT2D eigenvalue weighted by molar-refractivity contribution is 9.10. The SMILES string of the molecule is CCCN(Cc1ccc(N)cc1Br)CC(F)(F)F. The highest BCUT2D eigenvalue weighted by Crippen LogP contribution is 2.23. The topological polar surface area (TPSA) is 29.3 Å². The minimum absolute atomic E-state index is 0.258. The second kappa shape index (κ2) is 6.43. The molecule has 102 valence electrons. The van der Waals surface area contributed by atoms with E-state index in [2.05, 4.69) is 15.9 Å². The van der Waals surface area contributed by atoms with Crippen LogP contribution in [0.2, 0.25) is 0 Å². The minimum atomic E-state index is -4.17. The van der Waals surface area contributed by atoms with Gasteiger partial charge in [-0.15, -0.1) is 0 Å². The Labute approximate surface area is 113 Å². The average Bonchev–Trinajstić information content (AvgIpc) is 2.20. The number of nitrogen functional groups attached to an aromatic ring is 1. The van der Waals surface area contributed by atoms with Crippen LogP contribution in [0.5, 0.6) is 0 Å². The molecule has 0 aliphatic rings. The third-order valence-corrected chi connectivity index (χ3v) is 3.15. The van der Waals surface area contributed by atoms with E-state index >= 15 is 0 Å². The van der Waals surface area contributed by atoms with E-state index in [-0.39, 0.29) is 6.54 Å². The predicted molar refractivity (Wildman–Crippen MR) is 70.2 cm³/mol. The molecule has 2 N–H and O–H groups in total. The van der Waals surface area contributed by atoms with Crippen LogP contribution in [-0.4, -0.2) is 24.2 Å². The second-order valence-corrected chi connectivity index (χ2v) is 5.03. The summed E-state index contributed by atoms with van der Waals surface area (Å²) in [5.74, 6) is 0. The zero-order chi connectivity index (χ0) is 13.8. The van der Waals surface area contributed by atoms with Gasteiger partial charge >= 0.3 is 6.18 Å². The van der Waals surface area contributed by atoms with Gasteiger partial charge in [-0.05, 0) is 30.7 Å². The molecule has 0 aromatic heterocycles. The number of anilines is 1. The van der Waals surface area contributed by atoms with Crippen molar-refractivity contribution in [2.75, 3.05) is 18.8 Å². The van der Waals surface area contributed by atoms with Gasteiger partial charge in [0.05, 0.1) is 6.54 Å². The number of halogens is 4. The molecule has 0 unspecified atom stereocenters. The number of hydrogen-bond acceptors (Lipinski definition) is 2. The van der Waals surface area contributed by atoms with Crippen LogP contribution in [0.15, 0.2) is 22.7 Å². The molecular formula is C12H16BrF3N2. The van der Waals surface area contributed by atoms with Crippen LogP contribution in [0.3, 0.4) is 0 Å². The summed E-state index contributed by atoms with van der Waals surface area (Å²) in [4.78, 5) is 1.39. The van der Waals surface area contributed by atoms with Gasteiger partial charge in [-0.2, -0.15) is 13.2 Å². The van der Waals surface area contributed by atoms with Crippen molar-refractivity contribution < 1.29 is 13.2 Å². The highest BCUT2D eigenvalue weighted by Gasteiger charge is 2.30. The molecule has 0 spiro atoms. The Morgan fingerprint density at radius 1 is 1.33 bits per heavy atom. The van der Waals surface area contributed by atoms with E-state index in [1.807, 2.05) is 6.92 Å². The lowest BCUT2D eigenvalue weighted by Crippen LogP contribution is -2.34. The van der Waals surface area contributed by atoms with Crippen LogP contribution in [0.1, 0.15) is 18.9 Å². The fraction of sp³-hybridized carbons (Fsp3) is 0.500. The summed E-state index contributed by atoms with van der Waals surface area (Å²) in [5.41, 5.74) is 6.99. The van der Waals surface area contributed by atoms with Gasteiger partial charge in [-0.25, -0.2) is 0 Å². The Hall–Kier alpha value is -0.750. The van der Waals surface area contributed by atoms with Gasteiger partial charge in [0, 0.05) is 16.7 Å². The van der Waals surface area contributed by atoms with Crippen LogP contribution in [-0.2, 0) is 6.54 Å². The van der Waals surface area contributed by atoms with Crippen molar-refractivity contribution in [1.29, 1.82) is 0 Å². The van der Waals surface area contributed by atoms with Crippen molar-refractivity contribution >= 4 is 21.6 Å². The first-order valence-corrected chi connectivity index (χ1v) is 6.44. The second-order valence-electron chi connectivity index (χ2n) is 4.18. The van der Waals surface area contributed by atoms with Crippen LogP contribution >= 0.6 is 15.9 Å². The van der Waals surface area contributed by atoms with Gasteiger partial charge in [0.25, 0.3) is 0 Å². The lowest BCUT2D eigenvalue weighted by molar-refractivity contribution is -0.147. The lowest BCUT2D eigenvalue weighted by Gasteiger charge is -2.23. The van der Waals surface area contributed by atoms with Crippen LogP contribution in [0.25, 0.3) is 0 Å². The van der Waals surface area contributed by atoms with Gasteiger partial charge in [0.2, 0.25) is 0 Å². The summed E-state index contributed by atoms with van der Waals surface area (Å²) < 4.78 is 38.0. The van der Waals surface area contributed by atoms with Crippen molar-refractivity contribution in [3.63, 3.8) is 0 Å². The van der Waals surface area contributed by atoms with Gasteiger partial charge in [0.15, 0.2) is 0 Å². The molecule has 0 amide bonds. The van der Waals surface area contributed by atoms with Crippen molar-refractivity contribution in [3.05, 3.63) is 28.2 Å². The average molecular weight is 325 g/mol. The number of alkyl halides is 3. The first-order chi connectivity index (χ1) is 8.31. The summed E-state index contributed by atoms with van der Waals surface area (Å²) in [5, 5.41) is 0. The Bertz CT molecular complexity index is 393. The molecule has 0 heterocycles. The molecular weight excluding hydrogens is 309 g/mol. The summed E-state index contributed by atoms with van der Waals surface area (Å²) in [6.07, 6.45) is -3.49. The zero-order valence-electron chi connectivity index (χ0n) is 10.1. The van der Waals surface area contributed by atoms with E-state index in [0.717, 1.165) is 10.0 Å². The fourth-order valence-corrected chi connectivity index (χ4v) is 2.24.